The zero-order chi connectivity index (χ0) is 9.26. The van der Waals surface area contributed by atoms with Crippen molar-refractivity contribution in [3.05, 3.63) is 11.8 Å². The summed E-state index contributed by atoms with van der Waals surface area (Å²) in [5, 5.41) is 7.00. The van der Waals surface area contributed by atoms with E-state index in [1.165, 1.54) is 0 Å². The Balaban J connectivity index is 2.23. The van der Waals surface area contributed by atoms with Gasteiger partial charge < -0.3 is 5.32 Å². The first-order chi connectivity index (χ1) is 6.29. The van der Waals surface area contributed by atoms with Crippen molar-refractivity contribution in [2.45, 2.75) is 19.8 Å². The molecule has 5 heteroatoms. The van der Waals surface area contributed by atoms with Gasteiger partial charge in [0.15, 0.2) is 5.82 Å². The van der Waals surface area contributed by atoms with Gasteiger partial charge in [-0.1, -0.05) is 13.3 Å². The first-order valence-electron chi connectivity index (χ1n) is 4.42. The number of hydrogen-bond acceptors (Lipinski definition) is 3. The minimum absolute atomic E-state index is 0.0181. The van der Waals surface area contributed by atoms with Crippen LogP contribution >= 0.6 is 0 Å². The van der Waals surface area contributed by atoms with Crippen LogP contribution in [0, 0.1) is 0 Å². The van der Waals surface area contributed by atoms with Crippen molar-refractivity contribution in [2.75, 3.05) is 17.3 Å². The number of aromatic nitrogens is 2. The molecule has 1 aromatic rings. The Labute approximate surface area is 76.1 Å². The second-order valence-electron chi connectivity index (χ2n) is 3.07. The predicted octanol–water partition coefficient (Wildman–Crippen LogP) is 0.331. The molecule has 1 amide bonds. The molecule has 0 spiro atoms. The summed E-state index contributed by atoms with van der Waals surface area (Å²) < 4.78 is 0. The highest BCUT2D eigenvalue weighted by atomic mass is 16.2. The molecular weight excluding hydrogens is 168 g/mol. The summed E-state index contributed by atoms with van der Waals surface area (Å²) in [5.74, 6) is 0.718. The van der Waals surface area contributed by atoms with Crippen LogP contribution in [0.4, 0.5) is 5.82 Å². The standard InChI is InChI=1S/C8H12N4O/c1-2-3-6-4-7-10-8(13)5-9-12(7)11-6/h4,9H,2-3,5H2,1H3,(H,10,13). The highest BCUT2D eigenvalue weighted by molar-refractivity contribution is 5.93. The van der Waals surface area contributed by atoms with Gasteiger partial charge in [0.25, 0.3) is 0 Å². The van der Waals surface area contributed by atoms with Gasteiger partial charge in [0, 0.05) is 6.07 Å². The number of amides is 1. The van der Waals surface area contributed by atoms with E-state index in [1.807, 2.05) is 6.07 Å². The molecule has 2 N–H and O–H groups in total. The van der Waals surface area contributed by atoms with Gasteiger partial charge in [0.2, 0.25) is 5.91 Å². The molecule has 2 rings (SSSR count). The summed E-state index contributed by atoms with van der Waals surface area (Å²) in [5.41, 5.74) is 3.89. The van der Waals surface area contributed by atoms with Crippen molar-refractivity contribution in [1.82, 2.24) is 9.89 Å². The van der Waals surface area contributed by atoms with Gasteiger partial charge in [0.1, 0.15) is 6.54 Å². The maximum Gasteiger partial charge on any atom is 0.246 e. The largest absolute Gasteiger partial charge is 0.308 e. The maximum atomic E-state index is 11.0. The van der Waals surface area contributed by atoms with E-state index in [1.54, 1.807) is 4.79 Å². The molecule has 0 aliphatic carbocycles. The molecular formula is C8H12N4O. The van der Waals surface area contributed by atoms with E-state index in [0.717, 1.165) is 24.4 Å². The molecule has 5 nitrogen and oxygen atoms in total. The Kier molecular flexibility index (Phi) is 1.92. The molecule has 2 heterocycles. The Bertz CT molecular complexity index is 331. The first-order valence-corrected chi connectivity index (χ1v) is 4.42. The monoisotopic (exact) mass is 180 g/mol. The third kappa shape index (κ3) is 1.49. The highest BCUT2D eigenvalue weighted by Gasteiger charge is 2.15. The zero-order valence-electron chi connectivity index (χ0n) is 7.50. The van der Waals surface area contributed by atoms with Gasteiger partial charge in [-0.05, 0) is 6.42 Å². The van der Waals surface area contributed by atoms with Crippen molar-refractivity contribution in [2.24, 2.45) is 0 Å². The van der Waals surface area contributed by atoms with E-state index in [-0.39, 0.29) is 5.91 Å². The van der Waals surface area contributed by atoms with Crippen LogP contribution in [0.25, 0.3) is 0 Å². The lowest BCUT2D eigenvalue weighted by molar-refractivity contribution is -0.115. The minimum Gasteiger partial charge on any atom is -0.308 e. The normalized spacial score (nSPS) is 14.7. The molecule has 0 bridgehead atoms. The topological polar surface area (TPSA) is 59.0 Å². The number of carbonyl (C=O) groups is 1. The fourth-order valence-electron chi connectivity index (χ4n) is 1.35. The van der Waals surface area contributed by atoms with Gasteiger partial charge in [0.05, 0.1) is 5.69 Å². The Morgan fingerprint density at radius 1 is 1.69 bits per heavy atom. The lowest BCUT2D eigenvalue weighted by Crippen LogP contribution is -2.35. The Morgan fingerprint density at radius 2 is 2.54 bits per heavy atom. The van der Waals surface area contributed by atoms with Crippen LogP contribution in [-0.2, 0) is 11.2 Å². The maximum absolute atomic E-state index is 11.0. The van der Waals surface area contributed by atoms with Gasteiger partial charge in [-0.15, -0.1) is 0 Å². The number of nitrogens with one attached hydrogen (secondary N) is 2. The SMILES string of the molecule is CCCc1cc2n(n1)NCC(=O)N2. The van der Waals surface area contributed by atoms with Crippen LogP contribution in [0.3, 0.4) is 0 Å². The molecule has 13 heavy (non-hydrogen) atoms. The van der Waals surface area contributed by atoms with E-state index in [2.05, 4.69) is 22.8 Å². The number of nitrogens with zero attached hydrogens (tertiary/aromatic N) is 2. The second kappa shape index (κ2) is 3.08. The summed E-state index contributed by atoms with van der Waals surface area (Å²) in [4.78, 5) is 12.6. The van der Waals surface area contributed by atoms with E-state index in [9.17, 15) is 4.79 Å². The third-order valence-corrected chi connectivity index (χ3v) is 1.92. The molecule has 0 fully saturated rings. The molecule has 0 atom stereocenters. The van der Waals surface area contributed by atoms with E-state index in [4.69, 9.17) is 0 Å². The Hall–Kier alpha value is -1.52. The summed E-state index contributed by atoms with van der Waals surface area (Å²) >= 11 is 0. The molecule has 1 aliphatic rings. The molecule has 1 aliphatic heterocycles. The summed E-state index contributed by atoms with van der Waals surface area (Å²) in [6.07, 6.45) is 2.00. The molecule has 1 aromatic heterocycles. The number of anilines is 1. The van der Waals surface area contributed by atoms with E-state index in [0.29, 0.717) is 6.54 Å². The van der Waals surface area contributed by atoms with E-state index < -0.39 is 0 Å². The van der Waals surface area contributed by atoms with Crippen LogP contribution < -0.4 is 10.7 Å². The molecule has 0 unspecified atom stereocenters. The average Bonchev–Trinajstić information content (AvgIpc) is 2.46. The predicted molar refractivity (Wildman–Crippen MR) is 49.1 cm³/mol. The van der Waals surface area contributed by atoms with E-state index >= 15 is 0 Å². The molecule has 0 saturated heterocycles. The van der Waals surface area contributed by atoms with Crippen molar-refractivity contribution >= 4 is 11.7 Å². The van der Waals surface area contributed by atoms with Crippen LogP contribution in [0.2, 0.25) is 0 Å². The van der Waals surface area contributed by atoms with Crippen LogP contribution in [-0.4, -0.2) is 22.3 Å². The lowest BCUT2D eigenvalue weighted by atomic mass is 10.2. The molecule has 70 valence electrons. The quantitative estimate of drug-likeness (QED) is 0.689. The van der Waals surface area contributed by atoms with Gasteiger partial charge in [-0.2, -0.15) is 9.89 Å². The van der Waals surface area contributed by atoms with Gasteiger partial charge in [-0.3, -0.25) is 10.2 Å². The lowest BCUT2D eigenvalue weighted by Gasteiger charge is -2.15. The number of hydrogen-bond donors (Lipinski definition) is 2. The fourth-order valence-corrected chi connectivity index (χ4v) is 1.35. The van der Waals surface area contributed by atoms with Gasteiger partial charge >= 0.3 is 0 Å². The van der Waals surface area contributed by atoms with Crippen LogP contribution in [0.1, 0.15) is 19.0 Å². The van der Waals surface area contributed by atoms with Gasteiger partial charge in [-0.25, -0.2) is 0 Å². The highest BCUT2D eigenvalue weighted by Crippen LogP contribution is 2.12. The third-order valence-electron chi connectivity index (χ3n) is 1.92. The summed E-state index contributed by atoms with van der Waals surface area (Å²) in [7, 11) is 0. The number of rotatable bonds is 2. The second-order valence-corrected chi connectivity index (χ2v) is 3.07. The van der Waals surface area contributed by atoms with Crippen LogP contribution in [0.5, 0.6) is 0 Å². The summed E-state index contributed by atoms with van der Waals surface area (Å²) in [6.45, 7) is 2.39. The minimum atomic E-state index is -0.0181. The number of fused-ring (bicyclic) bond motifs is 1. The molecule has 0 saturated carbocycles. The fraction of sp³-hybridized carbons (Fsp3) is 0.500. The summed E-state index contributed by atoms with van der Waals surface area (Å²) in [6, 6.07) is 1.90. The zero-order valence-corrected chi connectivity index (χ0v) is 7.50. The smallest absolute Gasteiger partial charge is 0.246 e. The average molecular weight is 180 g/mol. The molecule has 0 aromatic carbocycles. The first kappa shape index (κ1) is 8.10. The van der Waals surface area contributed by atoms with Crippen molar-refractivity contribution < 1.29 is 4.79 Å². The molecule has 0 radical (unpaired) electrons. The number of carbonyl (C=O) groups excluding carboxylic acids is 1. The van der Waals surface area contributed by atoms with Crippen molar-refractivity contribution in [1.29, 1.82) is 0 Å². The number of aryl methyl sites for hydroxylation is 1. The van der Waals surface area contributed by atoms with Crippen molar-refractivity contribution in [3.8, 4) is 0 Å². The van der Waals surface area contributed by atoms with Crippen molar-refractivity contribution in [3.63, 3.8) is 0 Å². The van der Waals surface area contributed by atoms with Crippen LogP contribution in [0.15, 0.2) is 6.07 Å². The Morgan fingerprint density at radius 3 is 3.31 bits per heavy atom.